The molecule has 10 heteroatoms. The predicted octanol–water partition coefficient (Wildman–Crippen LogP) is 2.45. The van der Waals surface area contributed by atoms with E-state index in [1.54, 1.807) is 6.92 Å². The summed E-state index contributed by atoms with van der Waals surface area (Å²) in [5.74, 6) is -3.33. The molecule has 1 aliphatic carbocycles. The summed E-state index contributed by atoms with van der Waals surface area (Å²) in [7, 11) is 0. The number of carbonyl (C=O) groups is 5. The molecular formula is C22H28N2O7S. The van der Waals surface area contributed by atoms with Crippen molar-refractivity contribution in [3.63, 3.8) is 0 Å². The van der Waals surface area contributed by atoms with Crippen LogP contribution in [0, 0.1) is 18.8 Å². The number of anilines is 1. The van der Waals surface area contributed by atoms with Gasteiger partial charge in [0.1, 0.15) is 11.5 Å². The molecule has 1 saturated carbocycles. The van der Waals surface area contributed by atoms with Gasteiger partial charge in [0.25, 0.3) is 5.91 Å². The summed E-state index contributed by atoms with van der Waals surface area (Å²) < 4.78 is 10.1. The molecule has 1 aromatic rings. The minimum absolute atomic E-state index is 0.206. The average Bonchev–Trinajstić information content (AvgIpc) is 3.21. The Bertz CT molecular complexity index is 915. The van der Waals surface area contributed by atoms with E-state index in [1.165, 1.54) is 11.3 Å². The van der Waals surface area contributed by atoms with Crippen LogP contribution in [-0.2, 0) is 35.1 Å². The Balaban J connectivity index is 1.57. The predicted molar refractivity (Wildman–Crippen MR) is 116 cm³/mol. The Kier molecular flexibility index (Phi) is 7.65. The number of nitrogens with one attached hydrogen (secondary N) is 1. The fourth-order valence-corrected chi connectivity index (χ4v) is 5.53. The minimum atomic E-state index is -0.831. The van der Waals surface area contributed by atoms with Gasteiger partial charge < -0.3 is 14.8 Å². The third-order valence-corrected chi connectivity index (χ3v) is 6.94. The van der Waals surface area contributed by atoms with Crippen LogP contribution in [0.5, 0.6) is 0 Å². The van der Waals surface area contributed by atoms with Crippen LogP contribution in [0.3, 0.4) is 0 Å². The van der Waals surface area contributed by atoms with Crippen molar-refractivity contribution in [1.82, 2.24) is 4.90 Å². The Hall–Kier alpha value is -2.75. The van der Waals surface area contributed by atoms with E-state index in [0.29, 0.717) is 29.8 Å². The van der Waals surface area contributed by atoms with Crippen molar-refractivity contribution >= 4 is 46.0 Å². The zero-order chi connectivity index (χ0) is 23.4. The van der Waals surface area contributed by atoms with E-state index < -0.39 is 31.0 Å². The molecule has 1 aliphatic heterocycles. The number of aryl methyl sites for hydroxylation is 1. The number of likely N-dealkylation sites (tertiary alicyclic amines) is 1. The molecule has 0 spiro atoms. The molecule has 3 amide bonds. The molecule has 2 heterocycles. The molecule has 0 bridgehead atoms. The van der Waals surface area contributed by atoms with E-state index in [1.807, 2.05) is 13.8 Å². The van der Waals surface area contributed by atoms with Gasteiger partial charge in [-0.25, -0.2) is 4.79 Å². The lowest BCUT2D eigenvalue weighted by atomic mass is 9.81. The summed E-state index contributed by atoms with van der Waals surface area (Å²) in [6.45, 7) is 4.57. The van der Waals surface area contributed by atoms with Crippen LogP contribution in [-0.4, -0.2) is 54.3 Å². The average molecular weight is 465 g/mol. The second-order valence-corrected chi connectivity index (χ2v) is 9.11. The first kappa shape index (κ1) is 23.9. The Morgan fingerprint density at radius 3 is 2.25 bits per heavy atom. The van der Waals surface area contributed by atoms with E-state index in [4.69, 9.17) is 9.47 Å². The second-order valence-electron chi connectivity index (χ2n) is 7.88. The van der Waals surface area contributed by atoms with Crippen molar-refractivity contribution in [1.29, 1.82) is 0 Å². The first-order valence-electron chi connectivity index (χ1n) is 10.9. The minimum Gasteiger partial charge on any atom is -0.462 e. The number of carbonyl (C=O) groups excluding carboxylic acids is 5. The summed E-state index contributed by atoms with van der Waals surface area (Å²) in [6, 6.07) is 0. The number of hydrogen-bond donors (Lipinski definition) is 1. The smallest absolute Gasteiger partial charge is 0.341 e. The van der Waals surface area contributed by atoms with Gasteiger partial charge >= 0.3 is 11.9 Å². The Morgan fingerprint density at radius 2 is 1.69 bits per heavy atom. The molecule has 2 atom stereocenters. The highest BCUT2D eigenvalue weighted by molar-refractivity contribution is 7.16. The maximum Gasteiger partial charge on any atom is 0.341 e. The lowest BCUT2D eigenvalue weighted by molar-refractivity contribution is -0.154. The molecule has 1 N–H and O–H groups in total. The number of esters is 2. The highest BCUT2D eigenvalue weighted by atomic mass is 32.1. The van der Waals surface area contributed by atoms with Crippen molar-refractivity contribution in [3.05, 3.63) is 16.0 Å². The van der Waals surface area contributed by atoms with Crippen molar-refractivity contribution in [2.75, 3.05) is 25.1 Å². The summed E-state index contributed by atoms with van der Waals surface area (Å²) in [4.78, 5) is 63.6. The summed E-state index contributed by atoms with van der Waals surface area (Å²) >= 11 is 1.25. The normalized spacial score (nSPS) is 20.2. The van der Waals surface area contributed by atoms with E-state index in [0.717, 1.165) is 28.2 Å². The number of thiophene rings is 1. The summed E-state index contributed by atoms with van der Waals surface area (Å²) in [5, 5.41) is 2.95. The lowest BCUT2D eigenvalue weighted by Gasteiger charge is -2.19. The van der Waals surface area contributed by atoms with Gasteiger partial charge in [-0.2, -0.15) is 0 Å². The molecule has 174 valence electrons. The summed E-state index contributed by atoms with van der Waals surface area (Å²) in [5.41, 5.74) is 1.11. The number of amides is 3. The van der Waals surface area contributed by atoms with Crippen molar-refractivity contribution in [3.8, 4) is 0 Å². The van der Waals surface area contributed by atoms with E-state index in [-0.39, 0.29) is 30.3 Å². The van der Waals surface area contributed by atoms with Gasteiger partial charge in [-0.3, -0.25) is 24.1 Å². The Labute approximate surface area is 190 Å². The zero-order valence-electron chi connectivity index (χ0n) is 18.5. The van der Waals surface area contributed by atoms with Gasteiger partial charge in [0, 0.05) is 4.88 Å². The quantitative estimate of drug-likeness (QED) is 0.464. The largest absolute Gasteiger partial charge is 0.462 e. The number of imide groups is 1. The zero-order valence-corrected chi connectivity index (χ0v) is 19.3. The van der Waals surface area contributed by atoms with E-state index >= 15 is 0 Å². The number of nitrogens with zero attached hydrogens (tertiary/aromatic N) is 1. The van der Waals surface area contributed by atoms with Crippen LogP contribution >= 0.6 is 11.3 Å². The third-order valence-electron chi connectivity index (χ3n) is 5.88. The molecule has 3 rings (SSSR count). The number of ether oxygens (including phenoxy) is 2. The SMILES string of the molecule is CCOC(=O)c1c(NC(=O)COC(=O)CN2C(=O)[C@@H]3CCCC[C@H]3C2=O)sc(C)c1CC. The van der Waals surface area contributed by atoms with Gasteiger partial charge in [-0.1, -0.05) is 19.8 Å². The van der Waals surface area contributed by atoms with Gasteiger partial charge in [0.2, 0.25) is 11.8 Å². The first-order valence-corrected chi connectivity index (χ1v) is 11.7. The van der Waals surface area contributed by atoms with Crippen LogP contribution < -0.4 is 5.32 Å². The molecule has 1 saturated heterocycles. The standard InChI is InChI=1S/C22H28N2O7S/c1-4-13-12(3)32-19(18(13)22(29)30-5-2)23-16(25)11-31-17(26)10-24-20(27)14-8-6-7-9-15(14)21(24)28/h14-15H,4-11H2,1-3H3,(H,23,25)/t14-,15-/m1/s1. The second kappa shape index (κ2) is 10.2. The van der Waals surface area contributed by atoms with Gasteiger partial charge in [-0.15, -0.1) is 11.3 Å². The maximum absolute atomic E-state index is 12.5. The van der Waals surface area contributed by atoms with Crippen LogP contribution in [0.4, 0.5) is 5.00 Å². The molecule has 1 aromatic heterocycles. The van der Waals surface area contributed by atoms with Crippen LogP contribution in [0.15, 0.2) is 0 Å². The summed E-state index contributed by atoms with van der Waals surface area (Å²) in [6.07, 6.45) is 3.71. The highest BCUT2D eigenvalue weighted by Gasteiger charge is 2.48. The molecule has 32 heavy (non-hydrogen) atoms. The van der Waals surface area contributed by atoms with Crippen molar-refractivity contribution in [2.24, 2.45) is 11.8 Å². The van der Waals surface area contributed by atoms with Crippen LogP contribution in [0.2, 0.25) is 0 Å². The van der Waals surface area contributed by atoms with E-state index in [2.05, 4.69) is 5.32 Å². The fourth-order valence-electron chi connectivity index (χ4n) is 4.38. The first-order chi connectivity index (χ1) is 15.3. The molecule has 2 fully saturated rings. The maximum atomic E-state index is 12.5. The monoisotopic (exact) mass is 464 g/mol. The lowest BCUT2D eigenvalue weighted by Crippen LogP contribution is -2.37. The molecular weight excluding hydrogens is 436 g/mol. The van der Waals surface area contributed by atoms with Crippen molar-refractivity contribution in [2.45, 2.75) is 52.9 Å². The number of hydrogen-bond acceptors (Lipinski definition) is 8. The fraction of sp³-hybridized carbons (Fsp3) is 0.591. The van der Waals surface area contributed by atoms with Crippen LogP contribution in [0.25, 0.3) is 0 Å². The van der Waals surface area contributed by atoms with Crippen molar-refractivity contribution < 1.29 is 33.4 Å². The van der Waals surface area contributed by atoms with Gasteiger partial charge in [0.05, 0.1) is 24.0 Å². The van der Waals surface area contributed by atoms with Crippen LogP contribution in [0.1, 0.15) is 60.3 Å². The van der Waals surface area contributed by atoms with Gasteiger partial charge in [-0.05, 0) is 38.7 Å². The third kappa shape index (κ3) is 4.85. The Morgan fingerprint density at radius 1 is 1.06 bits per heavy atom. The highest BCUT2D eigenvalue weighted by Crippen LogP contribution is 2.38. The molecule has 0 unspecified atom stereocenters. The number of rotatable bonds is 8. The molecule has 0 radical (unpaired) electrons. The topological polar surface area (TPSA) is 119 Å². The molecule has 0 aromatic carbocycles. The number of fused-ring (bicyclic) bond motifs is 1. The molecule has 2 aliphatic rings. The van der Waals surface area contributed by atoms with E-state index in [9.17, 15) is 24.0 Å². The van der Waals surface area contributed by atoms with Gasteiger partial charge in [0.15, 0.2) is 6.61 Å². The molecule has 9 nitrogen and oxygen atoms in total.